The van der Waals surface area contributed by atoms with Gasteiger partial charge in [0, 0.05) is 45.6 Å². The van der Waals surface area contributed by atoms with Gasteiger partial charge in [0.1, 0.15) is 0 Å². The van der Waals surface area contributed by atoms with Crippen molar-refractivity contribution in [3.63, 3.8) is 0 Å². The molecule has 1 fully saturated rings. The van der Waals surface area contributed by atoms with Gasteiger partial charge in [-0.1, -0.05) is 6.08 Å². The summed E-state index contributed by atoms with van der Waals surface area (Å²) in [4.78, 5) is 12.7. The molecule has 1 aliphatic rings. The van der Waals surface area contributed by atoms with Crippen molar-refractivity contribution in [3.8, 4) is 0 Å². The number of amides is 1. The zero-order chi connectivity index (χ0) is 11.3. The summed E-state index contributed by atoms with van der Waals surface area (Å²) in [6.07, 6.45) is 2.96. The fourth-order valence-corrected chi connectivity index (χ4v) is 1.45. The Morgan fingerprint density at radius 3 is 2.60 bits per heavy atom. The number of piperidine rings is 1. The number of nitrogens with one attached hydrogen (secondary N) is 1. The lowest BCUT2D eigenvalue weighted by Gasteiger charge is -2.30. The monoisotopic (exact) mass is 218 g/mol. The summed E-state index contributed by atoms with van der Waals surface area (Å²) in [6.45, 7) is 1.35. The van der Waals surface area contributed by atoms with E-state index in [0.29, 0.717) is 19.6 Å². The summed E-state index contributed by atoms with van der Waals surface area (Å²) in [7, 11) is 1.55. The lowest BCUT2D eigenvalue weighted by molar-refractivity contribution is -0.116. The van der Waals surface area contributed by atoms with Crippen LogP contribution in [0.15, 0.2) is 12.2 Å². The van der Waals surface area contributed by atoms with E-state index in [-0.39, 0.29) is 18.7 Å². The van der Waals surface area contributed by atoms with Crippen molar-refractivity contribution in [1.82, 2.24) is 10.2 Å². The second-order valence-corrected chi connectivity index (χ2v) is 3.67. The second-order valence-electron chi connectivity index (χ2n) is 3.67. The third-order valence-corrected chi connectivity index (χ3v) is 2.47. The van der Waals surface area contributed by atoms with Crippen LogP contribution in [0.5, 0.6) is 0 Å². The number of carbonyl (C=O) groups excluding carboxylic acids is 1. The molecule has 1 N–H and O–H groups in total. The summed E-state index contributed by atoms with van der Waals surface area (Å²) >= 11 is 0. The minimum absolute atomic E-state index is 0.0825. The average Bonchev–Trinajstić information content (AvgIpc) is 2.20. The zero-order valence-corrected chi connectivity index (χ0v) is 8.80. The molecule has 1 aliphatic heterocycles. The number of likely N-dealkylation sites (tertiary alicyclic amines) is 1. The van der Waals surface area contributed by atoms with E-state index in [0.717, 1.165) is 0 Å². The van der Waals surface area contributed by atoms with E-state index in [2.05, 4.69) is 5.32 Å². The molecule has 0 aromatic carbocycles. The Balaban J connectivity index is 2.25. The van der Waals surface area contributed by atoms with E-state index in [9.17, 15) is 13.6 Å². The molecule has 1 saturated heterocycles. The fourth-order valence-electron chi connectivity index (χ4n) is 1.45. The van der Waals surface area contributed by atoms with Crippen LogP contribution in [0.4, 0.5) is 8.78 Å². The van der Waals surface area contributed by atoms with Gasteiger partial charge in [0.2, 0.25) is 5.91 Å². The number of alkyl halides is 2. The molecule has 15 heavy (non-hydrogen) atoms. The van der Waals surface area contributed by atoms with Crippen LogP contribution in [0.3, 0.4) is 0 Å². The molecule has 5 heteroatoms. The van der Waals surface area contributed by atoms with Gasteiger partial charge in [-0.15, -0.1) is 0 Å². The van der Waals surface area contributed by atoms with Crippen LogP contribution < -0.4 is 5.32 Å². The van der Waals surface area contributed by atoms with Crippen LogP contribution >= 0.6 is 0 Å². The molecule has 1 rings (SSSR count). The molecule has 0 aromatic heterocycles. The first-order chi connectivity index (χ1) is 7.03. The fraction of sp³-hybridized carbons (Fsp3) is 0.700. The average molecular weight is 218 g/mol. The van der Waals surface area contributed by atoms with Gasteiger partial charge in [-0.25, -0.2) is 8.78 Å². The van der Waals surface area contributed by atoms with E-state index < -0.39 is 5.92 Å². The van der Waals surface area contributed by atoms with Crippen LogP contribution in [-0.4, -0.2) is 43.4 Å². The molecule has 0 aromatic rings. The number of hydrogen-bond acceptors (Lipinski definition) is 2. The first-order valence-corrected chi connectivity index (χ1v) is 5.02. The molecule has 1 amide bonds. The van der Waals surface area contributed by atoms with Crippen molar-refractivity contribution < 1.29 is 13.6 Å². The quantitative estimate of drug-likeness (QED) is 0.717. The number of nitrogens with zero attached hydrogens (tertiary/aromatic N) is 1. The van der Waals surface area contributed by atoms with E-state index in [1.807, 2.05) is 4.90 Å². The standard InChI is InChI=1S/C10H16F2N2O/c1-13-9(15)3-2-6-14-7-4-10(11,12)5-8-14/h2-3H,4-8H2,1H3,(H,13,15)/b3-2+. The predicted octanol–water partition coefficient (Wildman–Crippen LogP) is 1.02. The van der Waals surface area contributed by atoms with E-state index in [1.165, 1.54) is 6.08 Å². The SMILES string of the molecule is CNC(=O)/C=C/CN1CCC(F)(F)CC1. The minimum atomic E-state index is -2.50. The third kappa shape index (κ3) is 4.38. The van der Waals surface area contributed by atoms with Crippen LogP contribution in [0, 0.1) is 0 Å². The lowest BCUT2D eigenvalue weighted by atomic mass is 10.1. The Bertz CT molecular complexity index is 244. The highest BCUT2D eigenvalue weighted by atomic mass is 19.3. The van der Waals surface area contributed by atoms with Crippen molar-refractivity contribution in [3.05, 3.63) is 12.2 Å². The smallest absolute Gasteiger partial charge is 0.250 e. The highest BCUT2D eigenvalue weighted by Gasteiger charge is 2.33. The minimum Gasteiger partial charge on any atom is -0.356 e. The molecular weight excluding hydrogens is 202 g/mol. The zero-order valence-electron chi connectivity index (χ0n) is 8.80. The summed E-state index contributed by atoms with van der Waals surface area (Å²) in [5.41, 5.74) is 0. The molecule has 0 bridgehead atoms. The van der Waals surface area contributed by atoms with Crippen LogP contribution in [0.2, 0.25) is 0 Å². The highest BCUT2D eigenvalue weighted by Crippen LogP contribution is 2.27. The molecule has 0 aliphatic carbocycles. The van der Waals surface area contributed by atoms with Gasteiger partial charge in [-0.05, 0) is 0 Å². The topological polar surface area (TPSA) is 32.3 Å². The van der Waals surface area contributed by atoms with Crippen LogP contribution in [0.1, 0.15) is 12.8 Å². The molecule has 86 valence electrons. The predicted molar refractivity (Wildman–Crippen MR) is 53.8 cm³/mol. The van der Waals surface area contributed by atoms with E-state index >= 15 is 0 Å². The Morgan fingerprint density at radius 1 is 1.47 bits per heavy atom. The van der Waals surface area contributed by atoms with Gasteiger partial charge in [0.25, 0.3) is 5.92 Å². The maximum absolute atomic E-state index is 12.8. The summed E-state index contributed by atoms with van der Waals surface area (Å²) in [5, 5.41) is 2.45. The number of halogens is 2. The molecule has 0 atom stereocenters. The number of hydrogen-bond donors (Lipinski definition) is 1. The Hall–Kier alpha value is -0.970. The molecule has 0 spiro atoms. The second kappa shape index (κ2) is 5.21. The van der Waals surface area contributed by atoms with Crippen molar-refractivity contribution in [2.75, 3.05) is 26.7 Å². The number of rotatable bonds is 3. The van der Waals surface area contributed by atoms with Gasteiger partial charge in [0.15, 0.2) is 0 Å². The van der Waals surface area contributed by atoms with Crippen LogP contribution in [0.25, 0.3) is 0 Å². The first-order valence-electron chi connectivity index (χ1n) is 5.02. The Kier molecular flexibility index (Phi) is 4.20. The maximum atomic E-state index is 12.8. The first kappa shape index (κ1) is 12.1. The maximum Gasteiger partial charge on any atom is 0.250 e. The van der Waals surface area contributed by atoms with Gasteiger partial charge < -0.3 is 5.32 Å². The van der Waals surface area contributed by atoms with Crippen LogP contribution in [-0.2, 0) is 4.79 Å². The molecule has 3 nitrogen and oxygen atoms in total. The van der Waals surface area contributed by atoms with Crippen molar-refractivity contribution >= 4 is 5.91 Å². The normalized spacial score (nSPS) is 21.8. The number of likely N-dealkylation sites (N-methyl/N-ethyl adjacent to an activating group) is 1. The lowest BCUT2D eigenvalue weighted by Crippen LogP contribution is -2.39. The largest absolute Gasteiger partial charge is 0.356 e. The Morgan fingerprint density at radius 2 is 2.07 bits per heavy atom. The van der Waals surface area contributed by atoms with Crippen molar-refractivity contribution in [2.24, 2.45) is 0 Å². The number of carbonyl (C=O) groups is 1. The summed E-state index contributed by atoms with van der Waals surface area (Å²) in [6, 6.07) is 0. The van der Waals surface area contributed by atoms with Gasteiger partial charge >= 0.3 is 0 Å². The van der Waals surface area contributed by atoms with Gasteiger partial charge in [-0.3, -0.25) is 9.69 Å². The molecule has 0 radical (unpaired) electrons. The summed E-state index contributed by atoms with van der Waals surface area (Å²) < 4.78 is 25.5. The molecular formula is C10H16F2N2O. The van der Waals surface area contributed by atoms with E-state index in [4.69, 9.17) is 0 Å². The van der Waals surface area contributed by atoms with Crippen molar-refractivity contribution in [1.29, 1.82) is 0 Å². The molecule has 0 saturated carbocycles. The highest BCUT2D eigenvalue weighted by molar-refractivity contribution is 5.87. The Labute approximate surface area is 88.1 Å². The molecule has 1 heterocycles. The molecule has 0 unspecified atom stereocenters. The van der Waals surface area contributed by atoms with E-state index in [1.54, 1.807) is 13.1 Å². The summed E-state index contributed by atoms with van der Waals surface area (Å²) in [5.74, 6) is -2.67. The van der Waals surface area contributed by atoms with Gasteiger partial charge in [-0.2, -0.15) is 0 Å². The van der Waals surface area contributed by atoms with Crippen molar-refractivity contribution in [2.45, 2.75) is 18.8 Å². The van der Waals surface area contributed by atoms with Gasteiger partial charge in [0.05, 0.1) is 0 Å². The third-order valence-electron chi connectivity index (χ3n) is 2.47.